The van der Waals surface area contributed by atoms with Crippen LogP contribution in [0.2, 0.25) is 0 Å². The average molecular weight is 351 g/mol. The molecule has 1 atom stereocenters. The molecule has 26 heavy (non-hydrogen) atoms. The van der Waals surface area contributed by atoms with Crippen LogP contribution in [0.4, 0.5) is 11.4 Å². The maximum absolute atomic E-state index is 12.6. The minimum Gasteiger partial charge on any atom is -0.326 e. The van der Waals surface area contributed by atoms with Gasteiger partial charge < -0.3 is 10.6 Å². The lowest BCUT2D eigenvalue weighted by Crippen LogP contribution is -2.39. The Balaban J connectivity index is 1.60. The van der Waals surface area contributed by atoms with Crippen molar-refractivity contribution in [2.24, 2.45) is 0 Å². The Morgan fingerprint density at radius 1 is 1.08 bits per heavy atom. The zero-order valence-electron chi connectivity index (χ0n) is 14.6. The monoisotopic (exact) mass is 351 g/mol. The van der Waals surface area contributed by atoms with Gasteiger partial charge in [0.05, 0.1) is 18.2 Å². The molecule has 1 aliphatic heterocycles. The Hall–Kier alpha value is -2.99. The van der Waals surface area contributed by atoms with E-state index in [2.05, 4.69) is 10.6 Å². The summed E-state index contributed by atoms with van der Waals surface area (Å²) in [6.45, 7) is 2.05. The van der Waals surface area contributed by atoms with Gasteiger partial charge in [0.2, 0.25) is 11.8 Å². The van der Waals surface area contributed by atoms with Crippen LogP contribution in [0.5, 0.6) is 0 Å². The molecule has 0 aromatic heterocycles. The second-order valence-corrected chi connectivity index (χ2v) is 6.24. The van der Waals surface area contributed by atoms with Crippen LogP contribution >= 0.6 is 0 Å². The molecule has 134 valence electrons. The largest absolute Gasteiger partial charge is 0.326 e. The average Bonchev–Trinajstić information content (AvgIpc) is 2.90. The Labute approximate surface area is 152 Å². The van der Waals surface area contributed by atoms with Crippen molar-refractivity contribution in [3.63, 3.8) is 0 Å². The predicted octanol–water partition coefficient (Wildman–Crippen LogP) is 2.11. The highest BCUT2D eigenvalue weighted by Gasteiger charge is 2.39. The number of anilines is 2. The van der Waals surface area contributed by atoms with E-state index >= 15 is 0 Å². The maximum Gasteiger partial charge on any atom is 0.251 e. The molecule has 0 bridgehead atoms. The quantitative estimate of drug-likeness (QED) is 0.782. The molecule has 0 saturated carbocycles. The predicted molar refractivity (Wildman–Crippen MR) is 99.8 cm³/mol. The molecule has 2 N–H and O–H groups in total. The van der Waals surface area contributed by atoms with Crippen LogP contribution in [0.3, 0.4) is 0 Å². The summed E-state index contributed by atoms with van der Waals surface area (Å²) in [5.41, 5.74) is 2.32. The lowest BCUT2D eigenvalue weighted by Gasteiger charge is -2.16. The van der Waals surface area contributed by atoms with Crippen LogP contribution in [0.25, 0.3) is 0 Å². The van der Waals surface area contributed by atoms with E-state index in [9.17, 15) is 14.4 Å². The van der Waals surface area contributed by atoms with Crippen molar-refractivity contribution < 1.29 is 14.4 Å². The van der Waals surface area contributed by atoms with Crippen molar-refractivity contribution in [1.29, 1.82) is 0 Å². The third-order valence-electron chi connectivity index (χ3n) is 4.24. The number of nitrogens with zero attached hydrogens (tertiary/aromatic N) is 1. The van der Waals surface area contributed by atoms with Crippen molar-refractivity contribution in [2.45, 2.75) is 25.8 Å². The fourth-order valence-electron chi connectivity index (χ4n) is 3.00. The molecule has 0 spiro atoms. The molecule has 1 saturated heterocycles. The third-order valence-corrected chi connectivity index (χ3v) is 4.24. The van der Waals surface area contributed by atoms with E-state index in [1.165, 1.54) is 17.4 Å². The van der Waals surface area contributed by atoms with Crippen molar-refractivity contribution in [3.05, 3.63) is 60.2 Å². The number of hydrogen-bond acceptors (Lipinski definition) is 4. The third kappa shape index (κ3) is 4.15. The van der Waals surface area contributed by atoms with Crippen molar-refractivity contribution >= 4 is 29.1 Å². The van der Waals surface area contributed by atoms with E-state index < -0.39 is 6.04 Å². The molecule has 6 nitrogen and oxygen atoms in total. The lowest BCUT2D eigenvalue weighted by molar-refractivity contribution is -0.121. The van der Waals surface area contributed by atoms with Gasteiger partial charge in [-0.25, -0.2) is 4.90 Å². The Morgan fingerprint density at radius 2 is 1.77 bits per heavy atom. The molecule has 0 unspecified atom stereocenters. The van der Waals surface area contributed by atoms with Crippen LogP contribution in [0.15, 0.2) is 54.6 Å². The van der Waals surface area contributed by atoms with E-state index in [0.717, 1.165) is 6.42 Å². The molecule has 3 rings (SSSR count). The van der Waals surface area contributed by atoms with Crippen molar-refractivity contribution in [3.8, 4) is 0 Å². The van der Waals surface area contributed by atoms with Crippen LogP contribution in [-0.2, 0) is 20.8 Å². The lowest BCUT2D eigenvalue weighted by atomic mass is 10.1. The van der Waals surface area contributed by atoms with Gasteiger partial charge >= 0.3 is 0 Å². The first-order chi connectivity index (χ1) is 12.5. The van der Waals surface area contributed by atoms with E-state index in [1.807, 2.05) is 30.3 Å². The fraction of sp³-hybridized carbons (Fsp3) is 0.250. The first-order valence-electron chi connectivity index (χ1n) is 8.56. The molecule has 2 aromatic carbocycles. The van der Waals surface area contributed by atoms with Crippen LogP contribution in [0, 0.1) is 0 Å². The zero-order valence-corrected chi connectivity index (χ0v) is 14.6. The first kappa shape index (κ1) is 17.8. The number of carbonyl (C=O) groups is 3. The summed E-state index contributed by atoms with van der Waals surface area (Å²) in [5.74, 6) is -0.636. The normalized spacial score (nSPS) is 16.8. The number of rotatable bonds is 6. The Kier molecular flexibility index (Phi) is 5.43. The number of nitrogens with one attached hydrogen (secondary N) is 2. The molecule has 0 aliphatic carbocycles. The van der Waals surface area contributed by atoms with Gasteiger partial charge in [-0.3, -0.25) is 14.4 Å². The molecule has 1 aliphatic rings. The summed E-state index contributed by atoms with van der Waals surface area (Å²) in [6.07, 6.45) is 0.950. The van der Waals surface area contributed by atoms with Gasteiger partial charge in [0.1, 0.15) is 0 Å². The number of hydrogen-bond donors (Lipinski definition) is 2. The number of carbonyl (C=O) groups excluding carboxylic acids is 3. The Bertz CT molecular complexity index is 803. The molecule has 6 heteroatoms. The van der Waals surface area contributed by atoms with Gasteiger partial charge in [-0.1, -0.05) is 30.3 Å². The smallest absolute Gasteiger partial charge is 0.251 e. The topological polar surface area (TPSA) is 78.5 Å². The molecular weight excluding hydrogens is 330 g/mol. The SMILES string of the molecule is CC(=O)Nc1ccc(N2C(=O)C[C@H](NCCc3ccccc3)C2=O)cc1. The summed E-state index contributed by atoms with van der Waals surface area (Å²) < 4.78 is 0. The fourth-order valence-corrected chi connectivity index (χ4v) is 3.00. The summed E-state index contributed by atoms with van der Waals surface area (Å²) in [7, 11) is 0. The van der Waals surface area contributed by atoms with Crippen LogP contribution in [-0.4, -0.2) is 30.3 Å². The molecular formula is C20H21N3O3. The summed E-state index contributed by atoms with van der Waals surface area (Å²) >= 11 is 0. The molecule has 1 fully saturated rings. The Morgan fingerprint density at radius 3 is 2.42 bits per heavy atom. The van der Waals surface area contributed by atoms with Crippen molar-refractivity contribution in [1.82, 2.24) is 5.32 Å². The number of imide groups is 1. The molecule has 1 heterocycles. The highest BCUT2D eigenvalue weighted by molar-refractivity contribution is 6.22. The van der Waals surface area contributed by atoms with Gasteiger partial charge in [-0.05, 0) is 42.8 Å². The minimum absolute atomic E-state index is 0.154. The van der Waals surface area contributed by atoms with Gasteiger partial charge in [0, 0.05) is 12.6 Å². The minimum atomic E-state index is -0.499. The highest BCUT2D eigenvalue weighted by Crippen LogP contribution is 2.24. The van der Waals surface area contributed by atoms with Crippen LogP contribution in [0.1, 0.15) is 18.9 Å². The van der Waals surface area contributed by atoms with E-state index in [0.29, 0.717) is 17.9 Å². The van der Waals surface area contributed by atoms with E-state index in [-0.39, 0.29) is 24.1 Å². The first-order valence-corrected chi connectivity index (χ1v) is 8.56. The molecule has 3 amide bonds. The number of benzene rings is 2. The van der Waals surface area contributed by atoms with Gasteiger partial charge in [-0.2, -0.15) is 0 Å². The standard InChI is InChI=1S/C20H21N3O3/c1-14(24)22-16-7-9-17(10-8-16)23-19(25)13-18(20(23)26)21-12-11-15-5-3-2-4-6-15/h2-10,18,21H,11-13H2,1H3,(H,22,24)/t18-/m0/s1. The van der Waals surface area contributed by atoms with E-state index in [1.54, 1.807) is 24.3 Å². The second-order valence-electron chi connectivity index (χ2n) is 6.24. The number of amides is 3. The van der Waals surface area contributed by atoms with Gasteiger partial charge in [0.15, 0.2) is 0 Å². The zero-order chi connectivity index (χ0) is 18.5. The summed E-state index contributed by atoms with van der Waals surface area (Å²) in [4.78, 5) is 37.2. The van der Waals surface area contributed by atoms with E-state index in [4.69, 9.17) is 0 Å². The maximum atomic E-state index is 12.6. The molecule has 0 radical (unpaired) electrons. The van der Waals surface area contributed by atoms with Crippen LogP contribution < -0.4 is 15.5 Å². The summed E-state index contributed by atoms with van der Waals surface area (Å²) in [6, 6.07) is 16.2. The second kappa shape index (κ2) is 7.93. The highest BCUT2D eigenvalue weighted by atomic mass is 16.2. The summed E-state index contributed by atoms with van der Waals surface area (Å²) in [5, 5.41) is 5.84. The van der Waals surface area contributed by atoms with Gasteiger partial charge in [0.25, 0.3) is 5.91 Å². The molecule has 2 aromatic rings. The van der Waals surface area contributed by atoms with Gasteiger partial charge in [-0.15, -0.1) is 0 Å². The van der Waals surface area contributed by atoms with Crippen molar-refractivity contribution in [2.75, 3.05) is 16.8 Å².